The predicted molar refractivity (Wildman–Crippen MR) is 145 cm³/mol. The second-order valence-electron chi connectivity index (χ2n) is 7.84. The minimum atomic E-state index is -1.03. The molecule has 4 rings (SSSR count). The van der Waals surface area contributed by atoms with Gasteiger partial charge in [0.25, 0.3) is 11.8 Å². The Labute approximate surface area is 222 Å². The van der Waals surface area contributed by atoms with Crippen LogP contribution in [0.5, 0.6) is 5.75 Å². The van der Waals surface area contributed by atoms with E-state index in [9.17, 15) is 14.4 Å². The molecule has 0 spiro atoms. The average molecular weight is 567 g/mol. The SMILES string of the molecule is CCOc1ccc(NC(=O)CC2C(=O)N(c3ccccc3)C(=S)N2NC(=O)c2ccc(Br)cc2)cc1. The average Bonchev–Trinajstić information content (AvgIpc) is 3.10. The summed E-state index contributed by atoms with van der Waals surface area (Å²) in [7, 11) is 0. The highest BCUT2D eigenvalue weighted by molar-refractivity contribution is 9.10. The van der Waals surface area contributed by atoms with Crippen LogP contribution in [0.25, 0.3) is 0 Å². The molecule has 1 atom stereocenters. The Morgan fingerprint density at radius 2 is 1.67 bits per heavy atom. The van der Waals surface area contributed by atoms with E-state index in [-0.39, 0.29) is 11.5 Å². The zero-order chi connectivity index (χ0) is 25.7. The predicted octanol–water partition coefficient (Wildman–Crippen LogP) is 4.52. The smallest absolute Gasteiger partial charge is 0.269 e. The Morgan fingerprint density at radius 3 is 2.31 bits per heavy atom. The largest absolute Gasteiger partial charge is 0.494 e. The zero-order valence-corrected chi connectivity index (χ0v) is 21.7. The van der Waals surface area contributed by atoms with Crippen molar-refractivity contribution in [2.45, 2.75) is 19.4 Å². The molecule has 3 aromatic carbocycles. The first-order valence-corrected chi connectivity index (χ1v) is 12.4. The van der Waals surface area contributed by atoms with Gasteiger partial charge in [0.1, 0.15) is 11.8 Å². The molecular weight excluding hydrogens is 544 g/mol. The Bertz CT molecular complexity index is 1270. The monoisotopic (exact) mass is 566 g/mol. The number of carbonyl (C=O) groups excluding carboxylic acids is 3. The van der Waals surface area contributed by atoms with E-state index in [1.54, 1.807) is 72.8 Å². The number of nitrogens with zero attached hydrogens (tertiary/aromatic N) is 2. The van der Waals surface area contributed by atoms with E-state index in [0.29, 0.717) is 29.3 Å². The molecule has 3 aromatic rings. The van der Waals surface area contributed by atoms with E-state index in [1.165, 1.54) is 9.91 Å². The molecule has 2 N–H and O–H groups in total. The van der Waals surface area contributed by atoms with Gasteiger partial charge >= 0.3 is 0 Å². The maximum atomic E-state index is 13.4. The Morgan fingerprint density at radius 1 is 1.00 bits per heavy atom. The first-order valence-electron chi connectivity index (χ1n) is 11.2. The van der Waals surface area contributed by atoms with Gasteiger partial charge in [-0.1, -0.05) is 34.1 Å². The number of hydrogen-bond donors (Lipinski definition) is 2. The van der Waals surface area contributed by atoms with Crippen LogP contribution in [-0.2, 0) is 9.59 Å². The highest BCUT2D eigenvalue weighted by Crippen LogP contribution is 2.26. The second-order valence-corrected chi connectivity index (χ2v) is 9.12. The van der Waals surface area contributed by atoms with Crippen LogP contribution in [0.15, 0.2) is 83.3 Å². The van der Waals surface area contributed by atoms with Gasteiger partial charge in [-0.3, -0.25) is 24.7 Å². The fraction of sp³-hybridized carbons (Fsp3) is 0.154. The molecule has 36 heavy (non-hydrogen) atoms. The lowest BCUT2D eigenvalue weighted by molar-refractivity contribution is -0.124. The van der Waals surface area contributed by atoms with Crippen molar-refractivity contribution in [2.75, 3.05) is 16.8 Å². The van der Waals surface area contributed by atoms with E-state index < -0.39 is 23.8 Å². The third kappa shape index (κ3) is 5.72. The number of para-hydroxylation sites is 1. The lowest BCUT2D eigenvalue weighted by Crippen LogP contribution is -2.49. The van der Waals surface area contributed by atoms with Crippen molar-refractivity contribution in [1.82, 2.24) is 10.4 Å². The van der Waals surface area contributed by atoms with Gasteiger partial charge in [-0.15, -0.1) is 0 Å². The number of ether oxygens (including phenoxy) is 1. The third-order valence-electron chi connectivity index (χ3n) is 5.39. The van der Waals surface area contributed by atoms with Gasteiger partial charge in [0, 0.05) is 15.7 Å². The highest BCUT2D eigenvalue weighted by atomic mass is 79.9. The summed E-state index contributed by atoms with van der Waals surface area (Å²) < 4.78 is 6.24. The number of benzene rings is 3. The standard InChI is InChI=1S/C26H23BrN4O4S/c1-2-35-21-14-12-19(13-15-21)28-23(32)16-22-25(34)30(20-6-4-3-5-7-20)26(36)31(22)29-24(33)17-8-10-18(27)11-9-17/h3-15,22H,2,16H2,1H3,(H,28,32)(H,29,33). The van der Waals surface area contributed by atoms with Crippen molar-refractivity contribution < 1.29 is 19.1 Å². The molecule has 1 saturated heterocycles. The van der Waals surface area contributed by atoms with Crippen molar-refractivity contribution in [3.63, 3.8) is 0 Å². The summed E-state index contributed by atoms with van der Waals surface area (Å²) in [5.41, 5.74) is 4.20. The van der Waals surface area contributed by atoms with Crippen molar-refractivity contribution in [1.29, 1.82) is 0 Å². The first kappa shape index (κ1) is 25.3. The molecule has 184 valence electrons. The minimum absolute atomic E-state index is 0.0792. The van der Waals surface area contributed by atoms with Crippen molar-refractivity contribution in [2.24, 2.45) is 0 Å². The molecule has 0 aliphatic carbocycles. The molecule has 10 heteroatoms. The second kappa shape index (κ2) is 11.3. The number of hydrogen-bond acceptors (Lipinski definition) is 5. The van der Waals surface area contributed by atoms with Gasteiger partial charge in [-0.2, -0.15) is 0 Å². The Hall–Kier alpha value is -3.76. The third-order valence-corrected chi connectivity index (χ3v) is 6.29. The van der Waals surface area contributed by atoms with Crippen LogP contribution >= 0.6 is 28.1 Å². The Kier molecular flexibility index (Phi) is 7.97. The van der Waals surface area contributed by atoms with Crippen molar-refractivity contribution >= 4 is 62.4 Å². The van der Waals surface area contributed by atoms with E-state index in [0.717, 1.165) is 4.47 Å². The summed E-state index contributed by atoms with van der Waals surface area (Å²) in [4.78, 5) is 40.6. The molecule has 1 heterocycles. The number of nitrogens with one attached hydrogen (secondary N) is 2. The lowest BCUT2D eigenvalue weighted by atomic mass is 10.1. The number of amides is 3. The molecule has 1 unspecified atom stereocenters. The molecule has 0 bridgehead atoms. The normalized spacial score (nSPS) is 15.1. The summed E-state index contributed by atoms with van der Waals surface area (Å²) in [5, 5.41) is 4.15. The molecule has 1 aliphatic rings. The fourth-order valence-corrected chi connectivity index (χ4v) is 4.31. The highest BCUT2D eigenvalue weighted by Gasteiger charge is 2.45. The number of thiocarbonyl (C=S) groups is 1. The van der Waals surface area contributed by atoms with Crippen molar-refractivity contribution in [3.05, 3.63) is 88.9 Å². The molecule has 1 aliphatic heterocycles. The molecule has 1 fully saturated rings. The number of carbonyl (C=O) groups is 3. The van der Waals surface area contributed by atoms with Crippen LogP contribution in [0.1, 0.15) is 23.7 Å². The van der Waals surface area contributed by atoms with Gasteiger partial charge in [-0.05, 0) is 79.8 Å². The number of halogens is 1. The number of anilines is 2. The van der Waals surface area contributed by atoms with Crippen LogP contribution in [0.2, 0.25) is 0 Å². The lowest BCUT2D eigenvalue weighted by Gasteiger charge is -2.24. The van der Waals surface area contributed by atoms with Gasteiger partial charge < -0.3 is 10.1 Å². The van der Waals surface area contributed by atoms with E-state index in [4.69, 9.17) is 17.0 Å². The van der Waals surface area contributed by atoms with Gasteiger partial charge in [0.05, 0.1) is 18.7 Å². The van der Waals surface area contributed by atoms with Crippen LogP contribution in [0.4, 0.5) is 11.4 Å². The number of hydrazine groups is 1. The number of rotatable bonds is 8. The Balaban J connectivity index is 1.55. The van der Waals surface area contributed by atoms with Crippen LogP contribution < -0.4 is 20.4 Å². The van der Waals surface area contributed by atoms with E-state index in [2.05, 4.69) is 26.7 Å². The first-order chi connectivity index (χ1) is 17.4. The topological polar surface area (TPSA) is 91.0 Å². The van der Waals surface area contributed by atoms with Gasteiger partial charge in [-0.25, -0.2) is 5.01 Å². The fourth-order valence-electron chi connectivity index (χ4n) is 3.68. The summed E-state index contributed by atoms with van der Waals surface area (Å²) in [6, 6.07) is 21.5. The molecular formula is C26H23BrN4O4S. The van der Waals surface area contributed by atoms with Crippen LogP contribution in [-0.4, -0.2) is 40.5 Å². The summed E-state index contributed by atoms with van der Waals surface area (Å²) in [6.07, 6.45) is -0.226. The van der Waals surface area contributed by atoms with Gasteiger partial charge in [0.15, 0.2) is 0 Å². The minimum Gasteiger partial charge on any atom is -0.494 e. The molecule has 8 nitrogen and oxygen atoms in total. The summed E-state index contributed by atoms with van der Waals surface area (Å²) in [6.45, 7) is 2.42. The zero-order valence-electron chi connectivity index (χ0n) is 19.3. The molecule has 0 aromatic heterocycles. The quantitative estimate of drug-likeness (QED) is 0.389. The summed E-state index contributed by atoms with van der Waals surface area (Å²) >= 11 is 8.92. The molecule has 3 amide bonds. The van der Waals surface area contributed by atoms with Crippen LogP contribution in [0, 0.1) is 0 Å². The maximum absolute atomic E-state index is 13.4. The summed E-state index contributed by atoms with van der Waals surface area (Å²) in [5.74, 6) is -0.584. The van der Waals surface area contributed by atoms with Gasteiger partial charge in [0.2, 0.25) is 11.0 Å². The maximum Gasteiger partial charge on any atom is 0.269 e. The molecule has 0 saturated carbocycles. The van der Waals surface area contributed by atoms with E-state index in [1.807, 2.05) is 13.0 Å². The molecule has 0 radical (unpaired) electrons. The van der Waals surface area contributed by atoms with E-state index >= 15 is 0 Å². The van der Waals surface area contributed by atoms with Crippen LogP contribution in [0.3, 0.4) is 0 Å². The van der Waals surface area contributed by atoms with Crippen molar-refractivity contribution in [3.8, 4) is 5.75 Å².